The second-order valence-electron chi connectivity index (χ2n) is 3.39. The highest BCUT2D eigenvalue weighted by atomic mass is 16.5. The van der Waals surface area contributed by atoms with Gasteiger partial charge in [-0.05, 0) is 24.7 Å². The first-order valence-corrected chi connectivity index (χ1v) is 4.14. The van der Waals surface area contributed by atoms with E-state index in [0.717, 1.165) is 11.9 Å². The highest BCUT2D eigenvalue weighted by Crippen LogP contribution is 2.20. The van der Waals surface area contributed by atoms with Crippen molar-refractivity contribution in [1.82, 2.24) is 0 Å². The average molecular weight is 154 g/mol. The molecular weight excluding hydrogens is 139 g/mol. The van der Waals surface area contributed by atoms with Gasteiger partial charge in [-0.1, -0.05) is 19.9 Å². The summed E-state index contributed by atoms with van der Waals surface area (Å²) in [4.78, 5) is 0. The van der Waals surface area contributed by atoms with E-state index in [9.17, 15) is 5.02 Å². The van der Waals surface area contributed by atoms with Gasteiger partial charge in [0.15, 0.2) is 0 Å². The molecular formula is C8H15BO2. The monoisotopic (exact) mass is 154 g/mol. The van der Waals surface area contributed by atoms with Crippen molar-refractivity contribution in [3.8, 4) is 0 Å². The summed E-state index contributed by atoms with van der Waals surface area (Å²) in [7, 11) is -0.668. The van der Waals surface area contributed by atoms with Gasteiger partial charge in [-0.2, -0.15) is 0 Å². The Morgan fingerprint density at radius 3 is 2.82 bits per heavy atom. The highest BCUT2D eigenvalue weighted by molar-refractivity contribution is 6.52. The standard InChI is InChI=1S/C8H15BO2/c1-6(2)8-5-4-7(3)11-9(8)10/h5-7,10H,4H2,1-3H3. The molecule has 0 radical (unpaired) electrons. The zero-order valence-electron chi connectivity index (χ0n) is 7.37. The maximum atomic E-state index is 9.42. The van der Waals surface area contributed by atoms with Crippen LogP contribution < -0.4 is 0 Å². The van der Waals surface area contributed by atoms with Gasteiger partial charge < -0.3 is 9.68 Å². The van der Waals surface area contributed by atoms with E-state index in [1.54, 1.807) is 0 Å². The van der Waals surface area contributed by atoms with Crippen LogP contribution >= 0.6 is 0 Å². The van der Waals surface area contributed by atoms with Gasteiger partial charge in [0.2, 0.25) is 0 Å². The van der Waals surface area contributed by atoms with Crippen LogP contribution in [0.1, 0.15) is 27.2 Å². The molecule has 0 fully saturated rings. The summed E-state index contributed by atoms with van der Waals surface area (Å²) >= 11 is 0. The molecule has 0 bridgehead atoms. The van der Waals surface area contributed by atoms with Crippen LogP contribution in [0.2, 0.25) is 0 Å². The molecule has 1 aliphatic rings. The van der Waals surface area contributed by atoms with Crippen molar-refractivity contribution in [2.24, 2.45) is 5.92 Å². The van der Waals surface area contributed by atoms with Crippen LogP contribution in [0.3, 0.4) is 0 Å². The van der Waals surface area contributed by atoms with Crippen molar-refractivity contribution in [3.05, 3.63) is 11.5 Å². The minimum Gasteiger partial charge on any atom is -0.423 e. The molecule has 1 N–H and O–H groups in total. The fourth-order valence-corrected chi connectivity index (χ4v) is 1.28. The lowest BCUT2D eigenvalue weighted by atomic mass is 9.70. The van der Waals surface area contributed by atoms with Crippen molar-refractivity contribution in [1.29, 1.82) is 0 Å². The summed E-state index contributed by atoms with van der Waals surface area (Å²) in [6, 6.07) is 0. The molecule has 1 rings (SSSR count). The molecule has 0 amide bonds. The maximum Gasteiger partial charge on any atom is 0.487 e. The molecule has 1 atom stereocenters. The van der Waals surface area contributed by atoms with Gasteiger partial charge in [0.05, 0.1) is 0 Å². The molecule has 3 heteroatoms. The zero-order chi connectivity index (χ0) is 8.43. The summed E-state index contributed by atoms with van der Waals surface area (Å²) in [6.45, 7) is 6.10. The molecule has 0 aromatic carbocycles. The van der Waals surface area contributed by atoms with E-state index < -0.39 is 7.12 Å². The quantitative estimate of drug-likeness (QED) is 0.578. The fraction of sp³-hybridized carbons (Fsp3) is 0.750. The van der Waals surface area contributed by atoms with E-state index in [1.165, 1.54) is 0 Å². The Balaban J connectivity index is 2.65. The molecule has 1 aliphatic heterocycles. The van der Waals surface area contributed by atoms with Gasteiger partial charge >= 0.3 is 7.12 Å². The molecule has 1 heterocycles. The van der Waals surface area contributed by atoms with Crippen molar-refractivity contribution in [3.63, 3.8) is 0 Å². The van der Waals surface area contributed by atoms with Crippen molar-refractivity contribution >= 4 is 7.12 Å². The lowest BCUT2D eigenvalue weighted by Gasteiger charge is -2.24. The molecule has 62 valence electrons. The summed E-state index contributed by atoms with van der Waals surface area (Å²) in [5.74, 6) is 0.387. The summed E-state index contributed by atoms with van der Waals surface area (Å²) in [5.41, 5.74) is 1.02. The Hall–Kier alpha value is -0.275. The van der Waals surface area contributed by atoms with E-state index in [4.69, 9.17) is 4.65 Å². The van der Waals surface area contributed by atoms with Crippen LogP contribution in [0.4, 0.5) is 0 Å². The molecule has 11 heavy (non-hydrogen) atoms. The number of allylic oxidation sites excluding steroid dienone is 1. The molecule has 0 spiro atoms. The van der Waals surface area contributed by atoms with Gasteiger partial charge in [0, 0.05) is 6.10 Å². The van der Waals surface area contributed by atoms with Gasteiger partial charge in [-0.25, -0.2) is 0 Å². The predicted molar refractivity (Wildman–Crippen MR) is 46.1 cm³/mol. The largest absolute Gasteiger partial charge is 0.487 e. The minimum atomic E-state index is -0.668. The van der Waals surface area contributed by atoms with Gasteiger partial charge in [-0.3, -0.25) is 0 Å². The lowest BCUT2D eigenvalue weighted by molar-refractivity contribution is 0.179. The summed E-state index contributed by atoms with van der Waals surface area (Å²) in [6.07, 6.45) is 3.17. The Morgan fingerprint density at radius 1 is 1.73 bits per heavy atom. The van der Waals surface area contributed by atoms with E-state index in [-0.39, 0.29) is 6.10 Å². The van der Waals surface area contributed by atoms with Gasteiger partial charge in [-0.15, -0.1) is 0 Å². The van der Waals surface area contributed by atoms with Crippen LogP contribution in [-0.2, 0) is 4.65 Å². The first-order chi connectivity index (χ1) is 5.11. The maximum absolute atomic E-state index is 9.42. The SMILES string of the molecule is CC1CC=C(C(C)C)B(O)O1. The highest BCUT2D eigenvalue weighted by Gasteiger charge is 2.27. The number of hydrogen-bond acceptors (Lipinski definition) is 2. The van der Waals surface area contributed by atoms with Crippen LogP contribution in [0.25, 0.3) is 0 Å². The van der Waals surface area contributed by atoms with Crippen LogP contribution in [-0.4, -0.2) is 18.2 Å². The third-order valence-corrected chi connectivity index (χ3v) is 2.00. The molecule has 0 aliphatic carbocycles. The molecule has 0 aromatic rings. The third-order valence-electron chi connectivity index (χ3n) is 2.00. The normalized spacial score (nSPS) is 25.7. The Kier molecular flexibility index (Phi) is 2.74. The molecule has 0 aromatic heterocycles. The Bertz CT molecular complexity index is 165. The number of rotatable bonds is 1. The van der Waals surface area contributed by atoms with E-state index >= 15 is 0 Å². The van der Waals surface area contributed by atoms with Crippen molar-refractivity contribution in [2.75, 3.05) is 0 Å². The minimum absolute atomic E-state index is 0.160. The first-order valence-electron chi connectivity index (χ1n) is 4.14. The molecule has 0 saturated carbocycles. The smallest absolute Gasteiger partial charge is 0.423 e. The third kappa shape index (κ3) is 2.07. The lowest BCUT2D eigenvalue weighted by Crippen LogP contribution is -2.32. The molecule has 0 saturated heterocycles. The number of hydrogen-bond donors (Lipinski definition) is 1. The van der Waals surface area contributed by atoms with E-state index in [1.807, 2.05) is 6.92 Å². The molecule has 2 nitrogen and oxygen atoms in total. The summed E-state index contributed by atoms with van der Waals surface area (Å²) < 4.78 is 5.25. The zero-order valence-corrected chi connectivity index (χ0v) is 7.37. The fourth-order valence-electron chi connectivity index (χ4n) is 1.28. The van der Waals surface area contributed by atoms with Crippen molar-refractivity contribution in [2.45, 2.75) is 33.3 Å². The first kappa shape index (κ1) is 8.82. The van der Waals surface area contributed by atoms with Gasteiger partial charge in [0.1, 0.15) is 0 Å². The Morgan fingerprint density at radius 2 is 2.36 bits per heavy atom. The topological polar surface area (TPSA) is 29.5 Å². The summed E-state index contributed by atoms with van der Waals surface area (Å²) in [5, 5.41) is 9.42. The second kappa shape index (κ2) is 3.41. The average Bonchev–Trinajstić information content (AvgIpc) is 1.85. The molecule has 1 unspecified atom stereocenters. The second-order valence-corrected chi connectivity index (χ2v) is 3.39. The van der Waals surface area contributed by atoms with E-state index in [0.29, 0.717) is 5.92 Å². The predicted octanol–water partition coefficient (Wildman–Crippen LogP) is 1.40. The van der Waals surface area contributed by atoms with Crippen LogP contribution in [0.5, 0.6) is 0 Å². The van der Waals surface area contributed by atoms with Gasteiger partial charge in [0.25, 0.3) is 0 Å². The van der Waals surface area contributed by atoms with E-state index in [2.05, 4.69) is 19.9 Å². The van der Waals surface area contributed by atoms with Crippen molar-refractivity contribution < 1.29 is 9.68 Å². The van der Waals surface area contributed by atoms with Crippen LogP contribution in [0.15, 0.2) is 11.5 Å². The van der Waals surface area contributed by atoms with Crippen LogP contribution in [0, 0.1) is 5.92 Å². The Labute approximate surface area is 68.4 Å².